The quantitative estimate of drug-likeness (QED) is 0.767. The molecule has 0 radical (unpaired) electrons. The van der Waals surface area contributed by atoms with E-state index in [0.717, 1.165) is 0 Å². The zero-order chi connectivity index (χ0) is 11.5. The first-order valence-corrected chi connectivity index (χ1v) is 4.95. The van der Waals surface area contributed by atoms with E-state index >= 15 is 0 Å². The van der Waals surface area contributed by atoms with Crippen LogP contribution in [0, 0.1) is 5.92 Å². The van der Waals surface area contributed by atoms with Crippen LogP contribution in [-0.2, 0) is 0 Å². The number of Topliss-reactive ketones (excluding diaryl/α,β-unsaturated/α-hetero) is 1. The number of halogens is 1. The number of nitrogens with zero attached hydrogens (tertiary/aromatic N) is 1. The number of hydrogen-bond donors (Lipinski definition) is 1. The third-order valence-corrected chi connectivity index (χ3v) is 2.45. The number of ketones is 1. The predicted molar refractivity (Wildman–Crippen MR) is 58.4 cm³/mol. The number of carbonyl (C=O) groups is 1. The number of rotatable bonds is 2. The summed E-state index contributed by atoms with van der Waals surface area (Å²) in [6, 6.07) is 4.53. The zero-order valence-electron chi connectivity index (χ0n) is 8.51. The highest BCUT2D eigenvalue weighted by molar-refractivity contribution is 5.98. The van der Waals surface area contributed by atoms with Crippen LogP contribution in [0.15, 0.2) is 48.5 Å². The molecule has 1 heterocycles. The molecular weight excluding hydrogens is 207 g/mol. The van der Waals surface area contributed by atoms with Crippen LogP contribution in [-0.4, -0.2) is 16.8 Å². The lowest BCUT2D eigenvalue weighted by atomic mass is 9.89. The largest absolute Gasteiger partial charge is 0.324 e. The Hall–Kier alpha value is -1.81. The molecule has 0 spiro atoms. The minimum Gasteiger partial charge on any atom is -0.324 e. The number of hydrogen-bond acceptors (Lipinski definition) is 3. The summed E-state index contributed by atoms with van der Waals surface area (Å²) in [7, 11) is 0. The summed E-state index contributed by atoms with van der Waals surface area (Å²) in [4.78, 5) is 15.9. The smallest absolute Gasteiger partial charge is 0.189 e. The first kappa shape index (κ1) is 10.7. The first-order valence-electron chi connectivity index (χ1n) is 4.95. The van der Waals surface area contributed by atoms with Crippen molar-refractivity contribution in [1.29, 1.82) is 0 Å². The van der Waals surface area contributed by atoms with E-state index in [1.54, 1.807) is 18.2 Å². The molecule has 1 aromatic rings. The maximum Gasteiger partial charge on any atom is 0.189 e. The monoisotopic (exact) mass is 218 g/mol. The van der Waals surface area contributed by atoms with Gasteiger partial charge in [0.15, 0.2) is 5.78 Å². The Morgan fingerprint density at radius 2 is 2.25 bits per heavy atom. The summed E-state index contributed by atoms with van der Waals surface area (Å²) in [6.07, 6.45) is 5.52. The average Bonchev–Trinajstić information content (AvgIpc) is 2.32. The van der Waals surface area contributed by atoms with Crippen LogP contribution < -0.4 is 5.73 Å². The average molecular weight is 218 g/mol. The van der Waals surface area contributed by atoms with Gasteiger partial charge in [0.25, 0.3) is 0 Å². The van der Waals surface area contributed by atoms with E-state index in [4.69, 9.17) is 5.73 Å². The number of allylic oxidation sites excluding steroid dienone is 2. The summed E-state index contributed by atoms with van der Waals surface area (Å²) in [5.74, 6) is -1.36. The molecule has 82 valence electrons. The van der Waals surface area contributed by atoms with Gasteiger partial charge >= 0.3 is 0 Å². The third-order valence-electron chi connectivity index (χ3n) is 2.45. The molecule has 16 heavy (non-hydrogen) atoms. The molecule has 4 heteroatoms. The van der Waals surface area contributed by atoms with Crippen molar-refractivity contribution in [2.24, 2.45) is 11.7 Å². The van der Waals surface area contributed by atoms with Crippen molar-refractivity contribution in [2.75, 3.05) is 0 Å². The number of carbonyl (C=O) groups excluding carboxylic acids is 1. The van der Waals surface area contributed by atoms with E-state index in [2.05, 4.69) is 4.98 Å². The lowest BCUT2D eigenvalue weighted by Gasteiger charge is -2.19. The van der Waals surface area contributed by atoms with Gasteiger partial charge in [-0.2, -0.15) is 0 Å². The molecule has 2 atom stereocenters. The Kier molecular flexibility index (Phi) is 2.92. The highest BCUT2D eigenvalue weighted by atomic mass is 19.1. The van der Waals surface area contributed by atoms with E-state index < -0.39 is 17.8 Å². The molecule has 0 aromatic carbocycles. The Morgan fingerprint density at radius 1 is 1.44 bits per heavy atom. The summed E-state index contributed by atoms with van der Waals surface area (Å²) >= 11 is 0. The predicted octanol–water partition coefficient (Wildman–Crippen LogP) is 1.63. The van der Waals surface area contributed by atoms with Gasteiger partial charge in [0.05, 0.1) is 5.92 Å². The van der Waals surface area contributed by atoms with Gasteiger partial charge in [-0.05, 0) is 24.3 Å². The highest BCUT2D eigenvalue weighted by Crippen LogP contribution is 2.20. The lowest BCUT2D eigenvalue weighted by molar-refractivity contribution is 0.0931. The second kappa shape index (κ2) is 4.37. The van der Waals surface area contributed by atoms with E-state index in [1.165, 1.54) is 24.4 Å². The third kappa shape index (κ3) is 2.06. The summed E-state index contributed by atoms with van der Waals surface area (Å²) in [6.45, 7) is 0. The van der Waals surface area contributed by atoms with E-state index in [-0.39, 0.29) is 5.78 Å². The molecule has 2 rings (SSSR count). The minimum absolute atomic E-state index is 0.257. The molecule has 1 aliphatic rings. The van der Waals surface area contributed by atoms with Crippen LogP contribution in [0.25, 0.3) is 0 Å². The highest BCUT2D eigenvalue weighted by Gasteiger charge is 2.26. The Balaban J connectivity index is 2.26. The number of nitrogens with two attached hydrogens (primary N) is 1. The maximum absolute atomic E-state index is 13.0. The second-order valence-electron chi connectivity index (χ2n) is 3.59. The van der Waals surface area contributed by atoms with Crippen LogP contribution in [0.2, 0.25) is 0 Å². The normalized spacial score (nSPS) is 24.0. The van der Waals surface area contributed by atoms with Gasteiger partial charge in [-0.15, -0.1) is 0 Å². The van der Waals surface area contributed by atoms with E-state index in [1.807, 2.05) is 0 Å². The molecule has 1 aliphatic carbocycles. The summed E-state index contributed by atoms with van der Waals surface area (Å²) in [5.41, 5.74) is 6.04. The Labute approximate surface area is 92.5 Å². The Bertz CT molecular complexity index is 453. The van der Waals surface area contributed by atoms with Gasteiger partial charge < -0.3 is 5.73 Å². The van der Waals surface area contributed by atoms with Crippen LogP contribution in [0.5, 0.6) is 0 Å². The van der Waals surface area contributed by atoms with Gasteiger partial charge in [0, 0.05) is 12.2 Å². The number of pyridine rings is 1. The maximum atomic E-state index is 13.0. The molecule has 0 amide bonds. The fraction of sp³-hybridized carbons (Fsp3) is 0.167. The molecule has 0 saturated heterocycles. The van der Waals surface area contributed by atoms with Crippen molar-refractivity contribution < 1.29 is 9.18 Å². The topological polar surface area (TPSA) is 56.0 Å². The molecule has 2 unspecified atom stereocenters. The van der Waals surface area contributed by atoms with Gasteiger partial charge in [-0.1, -0.05) is 12.1 Å². The summed E-state index contributed by atoms with van der Waals surface area (Å²) in [5, 5.41) is 0. The molecule has 0 bridgehead atoms. The van der Waals surface area contributed by atoms with Crippen molar-refractivity contribution in [2.45, 2.75) is 6.04 Å². The number of aromatic nitrogens is 1. The Morgan fingerprint density at radius 3 is 2.94 bits per heavy atom. The van der Waals surface area contributed by atoms with Gasteiger partial charge in [0.2, 0.25) is 0 Å². The van der Waals surface area contributed by atoms with Crippen LogP contribution in [0.3, 0.4) is 0 Å². The van der Waals surface area contributed by atoms with E-state index in [9.17, 15) is 9.18 Å². The molecule has 2 N–H and O–H groups in total. The molecule has 0 aliphatic heterocycles. The van der Waals surface area contributed by atoms with Crippen molar-refractivity contribution in [3.05, 3.63) is 54.1 Å². The van der Waals surface area contributed by atoms with Gasteiger partial charge in [-0.25, -0.2) is 4.39 Å². The van der Waals surface area contributed by atoms with Crippen LogP contribution in [0.4, 0.5) is 4.39 Å². The van der Waals surface area contributed by atoms with Crippen molar-refractivity contribution in [3.8, 4) is 0 Å². The van der Waals surface area contributed by atoms with Crippen molar-refractivity contribution >= 4 is 5.78 Å². The zero-order valence-corrected chi connectivity index (χ0v) is 8.51. The van der Waals surface area contributed by atoms with Crippen molar-refractivity contribution in [3.63, 3.8) is 0 Å². The standard InChI is InChI=1S/C12H11FN2O/c13-8-4-5-10(14)9(7-8)12(16)11-3-1-2-6-15-11/h1-7,9-10H,14H2. The second-order valence-corrected chi connectivity index (χ2v) is 3.59. The molecule has 3 nitrogen and oxygen atoms in total. The van der Waals surface area contributed by atoms with Crippen LogP contribution in [0.1, 0.15) is 10.5 Å². The molecule has 0 fully saturated rings. The molecular formula is C12H11FN2O. The SMILES string of the molecule is NC1C=CC(F)=CC1C(=O)c1ccccn1. The van der Waals surface area contributed by atoms with Crippen LogP contribution >= 0.6 is 0 Å². The van der Waals surface area contributed by atoms with Gasteiger partial charge in [0.1, 0.15) is 11.5 Å². The molecule has 1 aromatic heterocycles. The van der Waals surface area contributed by atoms with E-state index in [0.29, 0.717) is 5.69 Å². The first-order chi connectivity index (χ1) is 7.68. The lowest BCUT2D eigenvalue weighted by Crippen LogP contribution is -2.34. The fourth-order valence-corrected chi connectivity index (χ4v) is 1.59. The minimum atomic E-state index is -0.667. The van der Waals surface area contributed by atoms with Gasteiger partial charge in [-0.3, -0.25) is 9.78 Å². The fourth-order valence-electron chi connectivity index (χ4n) is 1.59. The van der Waals surface area contributed by atoms with Crippen molar-refractivity contribution in [1.82, 2.24) is 4.98 Å². The summed E-state index contributed by atoms with van der Waals surface area (Å²) < 4.78 is 13.0. The molecule has 0 saturated carbocycles.